The first-order valence-corrected chi connectivity index (χ1v) is 8.44. The molecule has 2 saturated heterocycles. The molecular formula is C17H24O10. The van der Waals surface area contributed by atoms with E-state index in [1.54, 1.807) is 12.1 Å². The number of aliphatic hydroxyl groups is 5. The Morgan fingerprint density at radius 3 is 1.93 bits per heavy atom. The van der Waals surface area contributed by atoms with Crippen molar-refractivity contribution in [2.24, 2.45) is 0 Å². The molecule has 0 amide bonds. The maximum absolute atomic E-state index is 10.2. The maximum Gasteiger partial charge on any atom is 0.229 e. The summed E-state index contributed by atoms with van der Waals surface area (Å²) in [5, 5.41) is 48.4. The zero-order chi connectivity index (χ0) is 19.7. The van der Waals surface area contributed by atoms with Crippen LogP contribution in [-0.2, 0) is 9.47 Å². The highest BCUT2D eigenvalue weighted by molar-refractivity contribution is 5.55. The lowest BCUT2D eigenvalue weighted by Gasteiger charge is -2.39. The molecule has 0 radical (unpaired) electrons. The molecule has 0 aliphatic carbocycles. The summed E-state index contributed by atoms with van der Waals surface area (Å²) in [4.78, 5) is 0. The minimum atomic E-state index is -1.57. The van der Waals surface area contributed by atoms with Gasteiger partial charge in [-0.2, -0.15) is 0 Å². The second-order valence-electron chi connectivity index (χ2n) is 6.35. The molecule has 2 aliphatic heterocycles. The summed E-state index contributed by atoms with van der Waals surface area (Å²) in [7, 11) is 2.83. The van der Waals surface area contributed by atoms with Crippen LogP contribution in [0.3, 0.4) is 0 Å². The molecular weight excluding hydrogens is 364 g/mol. The van der Waals surface area contributed by atoms with Crippen LogP contribution in [0.5, 0.6) is 17.2 Å². The summed E-state index contributed by atoms with van der Waals surface area (Å²) in [6, 6.07) is 3.28. The largest absolute Gasteiger partial charge is 0.493 e. The van der Waals surface area contributed by atoms with Crippen LogP contribution in [0.4, 0.5) is 0 Å². The van der Waals surface area contributed by atoms with E-state index in [4.69, 9.17) is 28.8 Å². The zero-order valence-electron chi connectivity index (χ0n) is 14.9. The molecule has 5 N–H and O–H groups in total. The van der Waals surface area contributed by atoms with E-state index in [1.807, 2.05) is 0 Å². The third-order valence-corrected chi connectivity index (χ3v) is 4.66. The van der Waals surface area contributed by atoms with Crippen LogP contribution >= 0.6 is 0 Å². The van der Waals surface area contributed by atoms with Crippen molar-refractivity contribution in [1.82, 2.24) is 0 Å². The molecule has 2 heterocycles. The van der Waals surface area contributed by atoms with E-state index in [0.29, 0.717) is 5.56 Å². The monoisotopic (exact) mass is 388 g/mol. The van der Waals surface area contributed by atoms with Gasteiger partial charge < -0.3 is 49.2 Å². The smallest absolute Gasteiger partial charge is 0.229 e. The lowest BCUT2D eigenvalue weighted by atomic mass is 9.99. The first kappa shape index (κ1) is 20.1. The fourth-order valence-corrected chi connectivity index (χ4v) is 3.04. The van der Waals surface area contributed by atoms with Crippen LogP contribution in [0.15, 0.2) is 12.1 Å². The second-order valence-corrected chi connectivity index (χ2v) is 6.35. The summed E-state index contributed by atoms with van der Waals surface area (Å²) >= 11 is 0. The Morgan fingerprint density at radius 1 is 0.852 bits per heavy atom. The number of hydrogen-bond donors (Lipinski definition) is 5. The van der Waals surface area contributed by atoms with Crippen LogP contribution in [-0.4, -0.2) is 89.8 Å². The minimum Gasteiger partial charge on any atom is -0.493 e. The lowest BCUT2D eigenvalue weighted by Crippen LogP contribution is -2.60. The normalized spacial score (nSPS) is 35.6. The zero-order valence-corrected chi connectivity index (χ0v) is 14.9. The van der Waals surface area contributed by atoms with Crippen molar-refractivity contribution in [2.45, 2.75) is 42.9 Å². The topological polar surface area (TPSA) is 151 Å². The summed E-state index contributed by atoms with van der Waals surface area (Å²) in [5.41, 5.74) is 0.712. The highest BCUT2D eigenvalue weighted by Crippen LogP contribution is 2.46. The fraction of sp³-hybridized carbons (Fsp3) is 0.647. The van der Waals surface area contributed by atoms with Crippen molar-refractivity contribution < 1.29 is 49.2 Å². The molecule has 2 fully saturated rings. The van der Waals surface area contributed by atoms with E-state index in [9.17, 15) is 20.4 Å². The lowest BCUT2D eigenvalue weighted by molar-refractivity contribution is -0.277. The molecule has 0 saturated carbocycles. The van der Waals surface area contributed by atoms with Gasteiger partial charge in [0.15, 0.2) is 11.5 Å². The number of rotatable bonds is 7. The predicted octanol–water partition coefficient (Wildman–Crippen LogP) is -1.69. The number of ether oxygens (including phenoxy) is 5. The minimum absolute atomic E-state index is 0.106. The van der Waals surface area contributed by atoms with Crippen molar-refractivity contribution in [3.8, 4) is 17.2 Å². The Kier molecular flexibility index (Phi) is 6.06. The molecule has 152 valence electrons. The number of aliphatic hydroxyl groups excluding tert-OH is 5. The van der Waals surface area contributed by atoms with E-state index in [1.165, 1.54) is 14.2 Å². The average molecular weight is 388 g/mol. The summed E-state index contributed by atoms with van der Waals surface area (Å²) in [6.45, 7) is -0.683. The number of benzene rings is 1. The molecule has 0 unspecified atom stereocenters. The first-order valence-electron chi connectivity index (χ1n) is 8.44. The number of hydrogen-bond acceptors (Lipinski definition) is 10. The number of epoxide rings is 1. The molecule has 27 heavy (non-hydrogen) atoms. The van der Waals surface area contributed by atoms with Crippen molar-refractivity contribution in [2.75, 3.05) is 27.4 Å². The van der Waals surface area contributed by atoms with Gasteiger partial charge in [-0.1, -0.05) is 0 Å². The van der Waals surface area contributed by atoms with Gasteiger partial charge in [-0.25, -0.2) is 0 Å². The Bertz CT molecular complexity index is 626. The van der Waals surface area contributed by atoms with Gasteiger partial charge >= 0.3 is 0 Å². The third kappa shape index (κ3) is 3.83. The third-order valence-electron chi connectivity index (χ3n) is 4.66. The van der Waals surface area contributed by atoms with E-state index in [0.717, 1.165) is 0 Å². The molecule has 1 aromatic carbocycles. The van der Waals surface area contributed by atoms with Crippen molar-refractivity contribution >= 4 is 0 Å². The predicted molar refractivity (Wildman–Crippen MR) is 88.6 cm³/mol. The number of methoxy groups -OCH3 is 2. The SMILES string of the molecule is COc1cc([C@@H]2O[C@@H]2CO)cc(OC)c1O[C@H]1O[C@H](CO)[C@@H](O)[C@H](O)[C@H]1O. The summed E-state index contributed by atoms with van der Waals surface area (Å²) in [5.74, 6) is 0.622. The molecule has 3 rings (SSSR count). The van der Waals surface area contributed by atoms with Crippen LogP contribution in [0.25, 0.3) is 0 Å². The van der Waals surface area contributed by atoms with Crippen LogP contribution in [0.2, 0.25) is 0 Å². The first-order chi connectivity index (χ1) is 12.9. The fourth-order valence-electron chi connectivity index (χ4n) is 3.04. The van der Waals surface area contributed by atoms with E-state index < -0.39 is 37.3 Å². The molecule has 10 nitrogen and oxygen atoms in total. The molecule has 0 aromatic heterocycles. The summed E-state index contributed by atoms with van der Waals surface area (Å²) < 4.78 is 27.1. The van der Waals surface area contributed by atoms with Gasteiger partial charge in [0.05, 0.1) is 27.4 Å². The Morgan fingerprint density at radius 2 is 1.44 bits per heavy atom. The van der Waals surface area contributed by atoms with Gasteiger partial charge in [0, 0.05) is 0 Å². The van der Waals surface area contributed by atoms with Crippen LogP contribution < -0.4 is 14.2 Å². The van der Waals surface area contributed by atoms with Gasteiger partial charge in [0.25, 0.3) is 0 Å². The average Bonchev–Trinajstić information content (AvgIpc) is 3.48. The van der Waals surface area contributed by atoms with Gasteiger partial charge in [-0.3, -0.25) is 0 Å². The van der Waals surface area contributed by atoms with Crippen molar-refractivity contribution in [3.05, 3.63) is 17.7 Å². The summed E-state index contributed by atoms with van der Waals surface area (Å²) in [6.07, 6.45) is -7.69. The Labute approximate surface area is 155 Å². The Balaban J connectivity index is 1.87. The van der Waals surface area contributed by atoms with E-state index in [2.05, 4.69) is 0 Å². The van der Waals surface area contributed by atoms with E-state index >= 15 is 0 Å². The second kappa shape index (κ2) is 8.15. The van der Waals surface area contributed by atoms with E-state index in [-0.39, 0.29) is 36.1 Å². The molecule has 2 aliphatic rings. The highest BCUT2D eigenvalue weighted by Gasteiger charge is 2.45. The van der Waals surface area contributed by atoms with Gasteiger partial charge in [0.1, 0.15) is 36.6 Å². The maximum atomic E-state index is 10.2. The van der Waals surface area contributed by atoms with Crippen LogP contribution in [0, 0.1) is 0 Å². The highest BCUT2D eigenvalue weighted by atomic mass is 16.7. The molecule has 0 bridgehead atoms. The molecule has 1 aromatic rings. The van der Waals surface area contributed by atoms with Crippen LogP contribution in [0.1, 0.15) is 11.7 Å². The van der Waals surface area contributed by atoms with Crippen molar-refractivity contribution in [3.63, 3.8) is 0 Å². The van der Waals surface area contributed by atoms with Crippen molar-refractivity contribution in [1.29, 1.82) is 0 Å². The molecule has 7 atom stereocenters. The van der Waals surface area contributed by atoms with Gasteiger partial charge in [-0.15, -0.1) is 0 Å². The molecule has 10 heteroatoms. The van der Waals surface area contributed by atoms with Gasteiger partial charge in [0.2, 0.25) is 12.0 Å². The van der Waals surface area contributed by atoms with Gasteiger partial charge in [-0.05, 0) is 17.7 Å². The molecule has 0 spiro atoms. The standard InChI is InChI=1S/C17H24O10/c1-23-8-3-7(15-11(6-19)25-15)4-9(24-2)16(8)27-17-14(22)13(21)12(20)10(5-18)26-17/h3-4,10-15,17-22H,5-6H2,1-2H3/t10-,11-,12-,13+,14-,15+,17-/m1/s1. The quantitative estimate of drug-likeness (QED) is 0.342. The Hall–Kier alpha value is -1.66.